The van der Waals surface area contributed by atoms with E-state index >= 15 is 0 Å². The molecule has 0 aliphatic heterocycles. The highest BCUT2D eigenvalue weighted by atomic mass is 35.5. The van der Waals surface area contributed by atoms with Crippen molar-refractivity contribution in [1.82, 2.24) is 4.90 Å². The number of carboxylic acid groups (broad SMARTS) is 1. The summed E-state index contributed by atoms with van der Waals surface area (Å²) in [7, 11) is 0. The molecular formula is C10H12ClNO2S. The van der Waals surface area contributed by atoms with Gasteiger partial charge in [0.25, 0.3) is 0 Å². The van der Waals surface area contributed by atoms with Gasteiger partial charge >= 0.3 is 5.97 Å². The van der Waals surface area contributed by atoms with Gasteiger partial charge in [0.15, 0.2) is 0 Å². The van der Waals surface area contributed by atoms with Crippen LogP contribution in [-0.4, -0.2) is 28.6 Å². The van der Waals surface area contributed by atoms with Crippen molar-refractivity contribution in [3.05, 3.63) is 21.3 Å². The number of rotatable bonds is 5. The second-order valence-electron chi connectivity index (χ2n) is 3.74. The Balaban J connectivity index is 1.96. The molecule has 2 rings (SSSR count). The van der Waals surface area contributed by atoms with E-state index in [1.165, 1.54) is 11.3 Å². The maximum absolute atomic E-state index is 10.7. The molecule has 1 fully saturated rings. The molecule has 0 unspecified atom stereocenters. The Morgan fingerprint density at radius 1 is 1.60 bits per heavy atom. The summed E-state index contributed by atoms with van der Waals surface area (Å²) in [5.41, 5.74) is 0. The van der Waals surface area contributed by atoms with Crippen molar-refractivity contribution < 1.29 is 9.90 Å². The van der Waals surface area contributed by atoms with Crippen LogP contribution in [0.15, 0.2) is 12.1 Å². The van der Waals surface area contributed by atoms with E-state index in [4.69, 9.17) is 16.7 Å². The van der Waals surface area contributed by atoms with Gasteiger partial charge in [0.1, 0.15) is 0 Å². The van der Waals surface area contributed by atoms with Crippen LogP contribution in [-0.2, 0) is 11.3 Å². The third kappa shape index (κ3) is 3.19. The lowest BCUT2D eigenvalue weighted by molar-refractivity contribution is -0.138. The van der Waals surface area contributed by atoms with Gasteiger partial charge in [0, 0.05) is 17.5 Å². The second kappa shape index (κ2) is 4.51. The van der Waals surface area contributed by atoms with Crippen molar-refractivity contribution in [2.45, 2.75) is 25.4 Å². The first-order valence-corrected chi connectivity index (χ1v) is 6.04. The van der Waals surface area contributed by atoms with E-state index in [0.29, 0.717) is 12.6 Å². The van der Waals surface area contributed by atoms with Crippen LogP contribution in [0.4, 0.5) is 0 Å². The molecule has 82 valence electrons. The zero-order valence-electron chi connectivity index (χ0n) is 8.15. The van der Waals surface area contributed by atoms with Crippen LogP contribution in [0.3, 0.4) is 0 Å². The zero-order chi connectivity index (χ0) is 10.8. The van der Waals surface area contributed by atoms with Crippen LogP contribution in [0.25, 0.3) is 0 Å². The number of thiophene rings is 1. The summed E-state index contributed by atoms with van der Waals surface area (Å²) in [4.78, 5) is 13.8. The van der Waals surface area contributed by atoms with Gasteiger partial charge in [0.2, 0.25) is 0 Å². The molecule has 3 nitrogen and oxygen atoms in total. The molecular weight excluding hydrogens is 234 g/mol. The lowest BCUT2D eigenvalue weighted by Crippen LogP contribution is -2.30. The Bertz CT molecular complexity index is 362. The topological polar surface area (TPSA) is 40.5 Å². The third-order valence-electron chi connectivity index (χ3n) is 2.39. The Hall–Kier alpha value is -0.580. The molecule has 5 heteroatoms. The normalized spacial score (nSPS) is 15.9. The van der Waals surface area contributed by atoms with Crippen molar-refractivity contribution >= 4 is 28.9 Å². The molecule has 1 N–H and O–H groups in total. The first-order valence-electron chi connectivity index (χ1n) is 4.85. The lowest BCUT2D eigenvalue weighted by Gasteiger charge is -2.18. The predicted octanol–water partition coefficient (Wildman–Crippen LogP) is 2.45. The zero-order valence-corrected chi connectivity index (χ0v) is 9.72. The number of halogens is 1. The number of carbonyl (C=O) groups is 1. The van der Waals surface area contributed by atoms with Gasteiger partial charge in [0.05, 0.1) is 10.9 Å². The van der Waals surface area contributed by atoms with E-state index < -0.39 is 5.97 Å². The molecule has 0 spiro atoms. The van der Waals surface area contributed by atoms with Gasteiger partial charge < -0.3 is 5.11 Å². The summed E-state index contributed by atoms with van der Waals surface area (Å²) in [6.45, 7) is 0.828. The molecule has 0 radical (unpaired) electrons. The van der Waals surface area contributed by atoms with Gasteiger partial charge in [-0.05, 0) is 25.0 Å². The number of hydrogen-bond donors (Lipinski definition) is 1. The van der Waals surface area contributed by atoms with Crippen molar-refractivity contribution in [2.24, 2.45) is 0 Å². The number of aliphatic carboxylic acids is 1. The minimum absolute atomic E-state index is 0.125. The van der Waals surface area contributed by atoms with Gasteiger partial charge in [-0.1, -0.05) is 11.6 Å². The van der Waals surface area contributed by atoms with Crippen LogP contribution >= 0.6 is 22.9 Å². The number of nitrogens with zero attached hydrogens (tertiary/aromatic N) is 1. The largest absolute Gasteiger partial charge is 0.480 e. The van der Waals surface area contributed by atoms with E-state index in [-0.39, 0.29) is 6.54 Å². The minimum atomic E-state index is -0.760. The summed E-state index contributed by atoms with van der Waals surface area (Å²) in [6.07, 6.45) is 2.23. The van der Waals surface area contributed by atoms with Crippen LogP contribution in [0, 0.1) is 0 Å². The van der Waals surface area contributed by atoms with Gasteiger partial charge in [-0.3, -0.25) is 9.69 Å². The summed E-state index contributed by atoms with van der Waals surface area (Å²) in [5.74, 6) is -0.760. The van der Waals surface area contributed by atoms with Crippen molar-refractivity contribution in [3.8, 4) is 0 Å². The average molecular weight is 246 g/mol. The molecule has 0 aromatic carbocycles. The van der Waals surface area contributed by atoms with E-state index in [2.05, 4.69) is 0 Å². The van der Waals surface area contributed by atoms with E-state index in [1.54, 1.807) is 0 Å². The summed E-state index contributed by atoms with van der Waals surface area (Å²) < 4.78 is 0.760. The highest BCUT2D eigenvalue weighted by Crippen LogP contribution is 2.30. The van der Waals surface area contributed by atoms with E-state index in [9.17, 15) is 4.79 Å². The molecule has 0 bridgehead atoms. The first kappa shape index (κ1) is 10.9. The molecule has 1 aliphatic carbocycles. The molecule has 1 aromatic heterocycles. The van der Waals surface area contributed by atoms with E-state index in [1.807, 2.05) is 17.0 Å². The molecule has 15 heavy (non-hydrogen) atoms. The fraction of sp³-hybridized carbons (Fsp3) is 0.500. The standard InChI is InChI=1S/C10H12ClNO2S/c11-9-4-3-8(15-9)5-12(6-10(13)14)7-1-2-7/h3-4,7H,1-2,5-6H2,(H,13,14). The lowest BCUT2D eigenvalue weighted by atomic mass is 10.4. The monoisotopic (exact) mass is 245 g/mol. The minimum Gasteiger partial charge on any atom is -0.480 e. The fourth-order valence-corrected chi connectivity index (χ4v) is 2.68. The highest BCUT2D eigenvalue weighted by Gasteiger charge is 2.30. The van der Waals surface area contributed by atoms with Gasteiger partial charge in [-0.15, -0.1) is 11.3 Å². The SMILES string of the molecule is O=C(O)CN(Cc1ccc(Cl)s1)C1CC1. The van der Waals surface area contributed by atoms with Gasteiger partial charge in [-0.25, -0.2) is 0 Å². The first-order chi connectivity index (χ1) is 7.15. The van der Waals surface area contributed by atoms with Crippen LogP contribution in [0.5, 0.6) is 0 Å². The molecule has 0 atom stereocenters. The van der Waals surface area contributed by atoms with Gasteiger partial charge in [-0.2, -0.15) is 0 Å². The average Bonchev–Trinajstić information content (AvgIpc) is 2.90. The second-order valence-corrected chi connectivity index (χ2v) is 5.54. The van der Waals surface area contributed by atoms with Crippen molar-refractivity contribution in [1.29, 1.82) is 0 Å². The van der Waals surface area contributed by atoms with E-state index in [0.717, 1.165) is 22.1 Å². The fourth-order valence-electron chi connectivity index (χ4n) is 1.56. The maximum Gasteiger partial charge on any atom is 0.317 e. The van der Waals surface area contributed by atoms with Crippen LogP contribution in [0.1, 0.15) is 17.7 Å². The highest BCUT2D eigenvalue weighted by molar-refractivity contribution is 7.16. The Kier molecular flexibility index (Phi) is 3.29. The van der Waals surface area contributed by atoms with Crippen molar-refractivity contribution in [2.75, 3.05) is 6.54 Å². The molecule has 1 heterocycles. The molecule has 1 aliphatic rings. The molecule has 0 saturated heterocycles. The summed E-state index contributed by atoms with van der Waals surface area (Å²) in [6, 6.07) is 4.28. The Morgan fingerprint density at radius 2 is 2.33 bits per heavy atom. The summed E-state index contributed by atoms with van der Waals surface area (Å²) >= 11 is 7.35. The Morgan fingerprint density at radius 3 is 2.80 bits per heavy atom. The van der Waals surface area contributed by atoms with Crippen molar-refractivity contribution in [3.63, 3.8) is 0 Å². The number of hydrogen-bond acceptors (Lipinski definition) is 3. The number of carboxylic acids is 1. The molecule has 1 saturated carbocycles. The molecule has 1 aromatic rings. The van der Waals surface area contributed by atoms with Crippen LogP contribution in [0.2, 0.25) is 4.34 Å². The maximum atomic E-state index is 10.7. The molecule has 0 amide bonds. The third-order valence-corrected chi connectivity index (χ3v) is 3.61. The smallest absolute Gasteiger partial charge is 0.317 e. The predicted molar refractivity (Wildman–Crippen MR) is 60.4 cm³/mol. The Labute approximate surface area is 97.3 Å². The quantitative estimate of drug-likeness (QED) is 0.866. The summed E-state index contributed by atoms with van der Waals surface area (Å²) in [5, 5.41) is 8.78. The van der Waals surface area contributed by atoms with Crippen LogP contribution < -0.4 is 0 Å².